The summed E-state index contributed by atoms with van der Waals surface area (Å²) in [6.45, 7) is 2.33. The van der Waals surface area contributed by atoms with Crippen molar-refractivity contribution in [3.63, 3.8) is 0 Å². The highest BCUT2D eigenvalue weighted by Gasteiger charge is 2.17. The monoisotopic (exact) mass is 239 g/mol. The first-order valence-electron chi connectivity index (χ1n) is 5.97. The van der Waals surface area contributed by atoms with Crippen LogP contribution in [0.3, 0.4) is 0 Å². The molecule has 1 N–H and O–H groups in total. The first-order valence-corrected chi connectivity index (χ1v) is 6.35. The second kappa shape index (κ2) is 5.48. The molecule has 2 unspecified atom stereocenters. The predicted molar refractivity (Wildman–Crippen MR) is 66.7 cm³/mol. The van der Waals surface area contributed by atoms with E-state index in [2.05, 4.69) is 22.2 Å². The summed E-state index contributed by atoms with van der Waals surface area (Å²) in [5.74, 6) is 1.63. The van der Waals surface area contributed by atoms with E-state index in [0.717, 1.165) is 11.7 Å². The summed E-state index contributed by atoms with van der Waals surface area (Å²) in [5.41, 5.74) is 0. The minimum absolute atomic E-state index is 0.511. The summed E-state index contributed by atoms with van der Waals surface area (Å²) in [6.07, 6.45) is 9.52. The van der Waals surface area contributed by atoms with Crippen LogP contribution in [-0.4, -0.2) is 16.0 Å². The Kier molecular flexibility index (Phi) is 3.99. The molecule has 16 heavy (non-hydrogen) atoms. The number of rotatable bonds is 2. The zero-order valence-corrected chi connectivity index (χ0v) is 10.4. The molecule has 88 valence electrons. The third kappa shape index (κ3) is 3.08. The van der Waals surface area contributed by atoms with E-state index in [4.69, 9.17) is 11.6 Å². The second-order valence-corrected chi connectivity index (χ2v) is 5.08. The molecule has 0 aliphatic heterocycles. The number of anilines is 1. The van der Waals surface area contributed by atoms with Crippen LogP contribution in [0.5, 0.6) is 0 Å². The summed E-state index contributed by atoms with van der Waals surface area (Å²) < 4.78 is 0. The minimum Gasteiger partial charge on any atom is -0.366 e. The number of nitrogens with one attached hydrogen (secondary N) is 1. The number of hydrogen-bond donors (Lipinski definition) is 1. The largest absolute Gasteiger partial charge is 0.366 e. The van der Waals surface area contributed by atoms with Crippen molar-refractivity contribution in [1.29, 1.82) is 0 Å². The summed E-state index contributed by atoms with van der Waals surface area (Å²) in [7, 11) is 0. The maximum atomic E-state index is 6.03. The fraction of sp³-hybridized carbons (Fsp3) is 0.667. The molecule has 3 nitrogen and oxygen atoms in total. The second-order valence-electron chi connectivity index (χ2n) is 4.67. The van der Waals surface area contributed by atoms with E-state index >= 15 is 0 Å². The van der Waals surface area contributed by atoms with Crippen molar-refractivity contribution in [2.75, 3.05) is 5.32 Å². The fourth-order valence-corrected chi connectivity index (χ4v) is 2.40. The van der Waals surface area contributed by atoms with Crippen LogP contribution in [0.15, 0.2) is 12.5 Å². The quantitative estimate of drug-likeness (QED) is 0.803. The molecule has 1 heterocycles. The van der Waals surface area contributed by atoms with Gasteiger partial charge < -0.3 is 5.32 Å². The Morgan fingerprint density at radius 2 is 2.19 bits per heavy atom. The Bertz CT molecular complexity index is 343. The van der Waals surface area contributed by atoms with E-state index in [1.54, 1.807) is 6.20 Å². The van der Waals surface area contributed by atoms with Crippen LogP contribution in [0.1, 0.15) is 39.0 Å². The molecule has 1 aliphatic rings. The third-order valence-corrected chi connectivity index (χ3v) is 3.54. The van der Waals surface area contributed by atoms with Gasteiger partial charge in [0.15, 0.2) is 0 Å². The summed E-state index contributed by atoms with van der Waals surface area (Å²) in [4.78, 5) is 8.05. The van der Waals surface area contributed by atoms with Gasteiger partial charge in [0.1, 0.15) is 17.2 Å². The normalized spacial score (nSPS) is 26.1. The average Bonchev–Trinajstić information content (AvgIpc) is 2.47. The van der Waals surface area contributed by atoms with Crippen LogP contribution in [0.2, 0.25) is 5.02 Å². The van der Waals surface area contributed by atoms with Crippen molar-refractivity contribution in [3.8, 4) is 0 Å². The highest BCUT2D eigenvalue weighted by molar-refractivity contribution is 6.32. The highest BCUT2D eigenvalue weighted by Crippen LogP contribution is 2.26. The van der Waals surface area contributed by atoms with Gasteiger partial charge in [0.25, 0.3) is 0 Å². The molecule has 0 radical (unpaired) electrons. The van der Waals surface area contributed by atoms with E-state index < -0.39 is 0 Å². The molecule has 0 saturated heterocycles. The zero-order chi connectivity index (χ0) is 11.4. The molecule has 0 spiro atoms. The number of nitrogens with zero attached hydrogens (tertiary/aromatic N) is 2. The molecule has 2 rings (SSSR count). The lowest BCUT2D eigenvalue weighted by Gasteiger charge is -2.17. The maximum Gasteiger partial charge on any atom is 0.148 e. The topological polar surface area (TPSA) is 37.8 Å². The first-order chi connectivity index (χ1) is 7.75. The molecule has 1 fully saturated rings. The summed E-state index contributed by atoms with van der Waals surface area (Å²) in [5, 5.41) is 4.04. The zero-order valence-electron chi connectivity index (χ0n) is 9.62. The smallest absolute Gasteiger partial charge is 0.148 e. The predicted octanol–water partition coefficient (Wildman–Crippen LogP) is 3.51. The standard InChI is InChI=1S/C12H18ClN3/c1-9-3-2-4-10(6-5-9)16-12-11(13)7-14-8-15-12/h7-10H,2-6H2,1H3,(H,14,15,16). The lowest BCUT2D eigenvalue weighted by atomic mass is 10.0. The van der Waals surface area contributed by atoms with Gasteiger partial charge >= 0.3 is 0 Å². The van der Waals surface area contributed by atoms with Gasteiger partial charge in [0.05, 0.1) is 6.20 Å². The Hall–Kier alpha value is -0.830. The Labute approximate surface area is 102 Å². The molecule has 0 aromatic carbocycles. The van der Waals surface area contributed by atoms with Gasteiger partial charge in [-0.25, -0.2) is 9.97 Å². The lowest BCUT2D eigenvalue weighted by molar-refractivity contribution is 0.502. The Balaban J connectivity index is 1.96. The lowest BCUT2D eigenvalue weighted by Crippen LogP contribution is -2.19. The maximum absolute atomic E-state index is 6.03. The molecule has 0 amide bonds. The molecule has 2 atom stereocenters. The van der Waals surface area contributed by atoms with Crippen molar-refractivity contribution in [2.45, 2.75) is 45.1 Å². The van der Waals surface area contributed by atoms with Crippen LogP contribution in [0.25, 0.3) is 0 Å². The van der Waals surface area contributed by atoms with Gasteiger partial charge in [-0.05, 0) is 25.2 Å². The van der Waals surface area contributed by atoms with Crippen LogP contribution in [0.4, 0.5) is 5.82 Å². The van der Waals surface area contributed by atoms with Crippen LogP contribution in [-0.2, 0) is 0 Å². The Morgan fingerprint density at radius 1 is 1.31 bits per heavy atom. The van der Waals surface area contributed by atoms with E-state index in [0.29, 0.717) is 11.1 Å². The van der Waals surface area contributed by atoms with Crippen molar-refractivity contribution >= 4 is 17.4 Å². The van der Waals surface area contributed by atoms with E-state index in [9.17, 15) is 0 Å². The van der Waals surface area contributed by atoms with Crippen molar-refractivity contribution in [3.05, 3.63) is 17.5 Å². The van der Waals surface area contributed by atoms with Crippen LogP contribution in [0, 0.1) is 5.92 Å². The van der Waals surface area contributed by atoms with Gasteiger partial charge in [-0.3, -0.25) is 0 Å². The molecule has 1 saturated carbocycles. The number of aromatic nitrogens is 2. The SMILES string of the molecule is CC1CCCC(Nc2ncncc2Cl)CC1. The molecule has 1 aromatic rings. The van der Waals surface area contributed by atoms with Gasteiger partial charge in [-0.2, -0.15) is 0 Å². The van der Waals surface area contributed by atoms with Gasteiger partial charge in [0, 0.05) is 6.04 Å². The molecular formula is C12H18ClN3. The summed E-state index contributed by atoms with van der Waals surface area (Å²) in [6, 6.07) is 0.511. The molecule has 0 bridgehead atoms. The fourth-order valence-electron chi connectivity index (χ4n) is 2.24. The van der Waals surface area contributed by atoms with E-state index in [1.807, 2.05) is 0 Å². The van der Waals surface area contributed by atoms with Gasteiger partial charge in [0.2, 0.25) is 0 Å². The molecule has 1 aliphatic carbocycles. The summed E-state index contributed by atoms with van der Waals surface area (Å²) >= 11 is 6.03. The molecular weight excluding hydrogens is 222 g/mol. The molecule has 4 heteroatoms. The van der Waals surface area contributed by atoms with Crippen LogP contribution >= 0.6 is 11.6 Å². The molecule has 1 aromatic heterocycles. The average molecular weight is 240 g/mol. The van der Waals surface area contributed by atoms with Crippen molar-refractivity contribution in [2.24, 2.45) is 5.92 Å². The first kappa shape index (κ1) is 11.6. The van der Waals surface area contributed by atoms with Crippen LogP contribution < -0.4 is 5.32 Å². The van der Waals surface area contributed by atoms with E-state index in [-0.39, 0.29) is 0 Å². The Morgan fingerprint density at radius 3 is 3.00 bits per heavy atom. The minimum atomic E-state index is 0.511. The third-order valence-electron chi connectivity index (χ3n) is 3.27. The number of hydrogen-bond acceptors (Lipinski definition) is 3. The number of halogens is 1. The van der Waals surface area contributed by atoms with Crippen molar-refractivity contribution < 1.29 is 0 Å². The van der Waals surface area contributed by atoms with E-state index in [1.165, 1.54) is 38.4 Å². The van der Waals surface area contributed by atoms with Crippen molar-refractivity contribution in [1.82, 2.24) is 9.97 Å². The highest BCUT2D eigenvalue weighted by atomic mass is 35.5. The van der Waals surface area contributed by atoms with Gasteiger partial charge in [-0.1, -0.05) is 31.4 Å². The van der Waals surface area contributed by atoms with Gasteiger partial charge in [-0.15, -0.1) is 0 Å².